The van der Waals surface area contributed by atoms with Crippen LogP contribution in [0.4, 0.5) is 5.82 Å². The van der Waals surface area contributed by atoms with Crippen LogP contribution < -0.4 is 5.32 Å². The molecule has 2 rings (SSSR count). The van der Waals surface area contributed by atoms with Crippen LogP contribution in [0.25, 0.3) is 0 Å². The van der Waals surface area contributed by atoms with Gasteiger partial charge in [0.1, 0.15) is 11.0 Å². The molecular formula is C13H14N2O4S. The fourth-order valence-electron chi connectivity index (χ4n) is 1.61. The Morgan fingerprint density at radius 1 is 1.30 bits per heavy atom. The van der Waals surface area contributed by atoms with Gasteiger partial charge >= 0.3 is 0 Å². The summed E-state index contributed by atoms with van der Waals surface area (Å²) in [6.07, 6.45) is 0. The third-order valence-corrected chi connectivity index (χ3v) is 4.86. The van der Waals surface area contributed by atoms with Crippen molar-refractivity contribution >= 4 is 21.6 Å². The smallest absolute Gasteiger partial charge is 0.244 e. The molecule has 1 unspecified atom stereocenters. The summed E-state index contributed by atoms with van der Waals surface area (Å²) in [5.74, 6) is 0.0728. The first-order chi connectivity index (χ1) is 9.41. The van der Waals surface area contributed by atoms with Gasteiger partial charge in [0.2, 0.25) is 5.91 Å². The van der Waals surface area contributed by atoms with Crippen LogP contribution >= 0.6 is 0 Å². The Hall–Kier alpha value is -2.15. The Balaban J connectivity index is 2.18. The molecule has 1 atom stereocenters. The zero-order valence-electron chi connectivity index (χ0n) is 11.0. The van der Waals surface area contributed by atoms with Crippen LogP contribution in [0.15, 0.2) is 45.8 Å². The van der Waals surface area contributed by atoms with Gasteiger partial charge in [-0.15, -0.1) is 0 Å². The van der Waals surface area contributed by atoms with Crippen molar-refractivity contribution < 1.29 is 17.7 Å². The minimum atomic E-state index is -3.72. The number of hydrogen-bond acceptors (Lipinski definition) is 5. The molecule has 6 nitrogen and oxygen atoms in total. The molecule has 1 aromatic heterocycles. The number of sulfone groups is 1. The monoisotopic (exact) mass is 294 g/mol. The lowest BCUT2D eigenvalue weighted by molar-refractivity contribution is -0.115. The Bertz CT molecular complexity index is 707. The van der Waals surface area contributed by atoms with Gasteiger partial charge in [0.15, 0.2) is 15.7 Å². The molecule has 1 heterocycles. The predicted octanol–water partition coefficient (Wildman–Crippen LogP) is 1.78. The second-order valence-electron chi connectivity index (χ2n) is 4.31. The lowest BCUT2D eigenvalue weighted by atomic mass is 10.4. The van der Waals surface area contributed by atoms with Crippen molar-refractivity contribution in [3.63, 3.8) is 0 Å². The van der Waals surface area contributed by atoms with Crippen LogP contribution in [0, 0.1) is 6.92 Å². The number of carbonyl (C=O) groups excluding carboxylic acids is 1. The van der Waals surface area contributed by atoms with Crippen molar-refractivity contribution in [1.29, 1.82) is 0 Å². The standard InChI is InChI=1S/C13H14N2O4S/c1-9-8-12(15-19-9)14-13(16)10(2)20(17,18)11-6-4-3-5-7-11/h3-8,10H,1-2H3,(H,14,15,16). The number of amides is 1. The molecule has 0 radical (unpaired) electrons. The lowest BCUT2D eigenvalue weighted by Gasteiger charge is -2.11. The van der Waals surface area contributed by atoms with E-state index in [9.17, 15) is 13.2 Å². The van der Waals surface area contributed by atoms with E-state index in [1.807, 2.05) is 0 Å². The second-order valence-corrected chi connectivity index (χ2v) is 6.58. The zero-order valence-corrected chi connectivity index (χ0v) is 11.8. The van der Waals surface area contributed by atoms with Crippen LogP contribution in [-0.4, -0.2) is 24.7 Å². The van der Waals surface area contributed by atoms with Gasteiger partial charge in [-0.05, 0) is 26.0 Å². The summed E-state index contributed by atoms with van der Waals surface area (Å²) in [5, 5.41) is 4.79. The molecule has 7 heteroatoms. The normalized spacial score (nSPS) is 12.9. The molecule has 0 spiro atoms. The summed E-state index contributed by atoms with van der Waals surface area (Å²) in [6, 6.07) is 9.36. The first kappa shape index (κ1) is 14.3. The van der Waals surface area contributed by atoms with E-state index in [4.69, 9.17) is 4.52 Å². The number of hydrogen-bond donors (Lipinski definition) is 1. The fraction of sp³-hybridized carbons (Fsp3) is 0.231. The highest BCUT2D eigenvalue weighted by atomic mass is 32.2. The highest BCUT2D eigenvalue weighted by molar-refractivity contribution is 7.92. The number of benzene rings is 1. The molecule has 20 heavy (non-hydrogen) atoms. The van der Waals surface area contributed by atoms with E-state index in [2.05, 4.69) is 10.5 Å². The van der Waals surface area contributed by atoms with Crippen LogP contribution in [-0.2, 0) is 14.6 Å². The van der Waals surface area contributed by atoms with Gasteiger partial charge in [-0.2, -0.15) is 0 Å². The third kappa shape index (κ3) is 2.88. The summed E-state index contributed by atoms with van der Waals surface area (Å²) in [7, 11) is -3.72. The molecule has 0 bridgehead atoms. The topological polar surface area (TPSA) is 89.3 Å². The quantitative estimate of drug-likeness (QED) is 0.928. The number of carbonyl (C=O) groups is 1. The minimum absolute atomic E-state index is 0.110. The number of nitrogens with one attached hydrogen (secondary N) is 1. The highest BCUT2D eigenvalue weighted by Crippen LogP contribution is 2.17. The molecule has 0 fully saturated rings. The Morgan fingerprint density at radius 3 is 2.50 bits per heavy atom. The average molecular weight is 294 g/mol. The predicted molar refractivity (Wildman–Crippen MR) is 73.0 cm³/mol. The number of aromatic nitrogens is 1. The molecule has 1 N–H and O–H groups in total. The van der Waals surface area contributed by atoms with Crippen molar-refractivity contribution in [3.8, 4) is 0 Å². The Labute approximate surface area is 116 Å². The van der Waals surface area contributed by atoms with Crippen LogP contribution in [0.5, 0.6) is 0 Å². The molecule has 0 saturated carbocycles. The molecule has 0 saturated heterocycles. The Kier molecular flexibility index (Phi) is 3.89. The molecule has 1 aromatic carbocycles. The van der Waals surface area contributed by atoms with E-state index in [0.29, 0.717) is 5.76 Å². The van der Waals surface area contributed by atoms with Gasteiger partial charge < -0.3 is 9.84 Å². The van der Waals surface area contributed by atoms with Crippen LogP contribution in [0.3, 0.4) is 0 Å². The molecule has 1 amide bonds. The molecule has 106 valence electrons. The number of aryl methyl sites for hydroxylation is 1. The summed E-state index contributed by atoms with van der Waals surface area (Å²) in [5.41, 5.74) is 0. The van der Waals surface area contributed by atoms with Crippen molar-refractivity contribution in [1.82, 2.24) is 5.16 Å². The van der Waals surface area contributed by atoms with Crippen molar-refractivity contribution in [2.24, 2.45) is 0 Å². The maximum atomic E-state index is 12.3. The second kappa shape index (κ2) is 5.46. The number of anilines is 1. The highest BCUT2D eigenvalue weighted by Gasteiger charge is 2.30. The van der Waals surface area contributed by atoms with Crippen LogP contribution in [0.1, 0.15) is 12.7 Å². The molecular weight excluding hydrogens is 280 g/mol. The molecule has 2 aromatic rings. The maximum Gasteiger partial charge on any atom is 0.244 e. The van der Waals surface area contributed by atoms with E-state index in [0.717, 1.165) is 0 Å². The van der Waals surface area contributed by atoms with Gasteiger partial charge in [0.05, 0.1) is 4.90 Å². The summed E-state index contributed by atoms with van der Waals surface area (Å²) in [6.45, 7) is 3.01. The average Bonchev–Trinajstić information content (AvgIpc) is 2.84. The van der Waals surface area contributed by atoms with Gasteiger partial charge in [0.25, 0.3) is 0 Å². The molecule has 0 aliphatic heterocycles. The first-order valence-electron chi connectivity index (χ1n) is 5.94. The van der Waals surface area contributed by atoms with E-state index in [1.165, 1.54) is 25.1 Å². The molecule has 0 aliphatic rings. The minimum Gasteiger partial charge on any atom is -0.360 e. The van der Waals surface area contributed by atoms with Gasteiger partial charge in [-0.3, -0.25) is 4.79 Å². The van der Waals surface area contributed by atoms with E-state index >= 15 is 0 Å². The van der Waals surface area contributed by atoms with Gasteiger partial charge in [0, 0.05) is 6.07 Å². The van der Waals surface area contributed by atoms with Crippen molar-refractivity contribution in [2.45, 2.75) is 24.0 Å². The van der Waals surface area contributed by atoms with E-state index in [-0.39, 0.29) is 10.7 Å². The van der Waals surface area contributed by atoms with Gasteiger partial charge in [-0.1, -0.05) is 23.4 Å². The van der Waals surface area contributed by atoms with Crippen molar-refractivity contribution in [2.75, 3.05) is 5.32 Å². The SMILES string of the molecule is Cc1cc(NC(=O)C(C)S(=O)(=O)c2ccccc2)no1. The lowest BCUT2D eigenvalue weighted by Crippen LogP contribution is -2.32. The van der Waals surface area contributed by atoms with Crippen LogP contribution in [0.2, 0.25) is 0 Å². The van der Waals surface area contributed by atoms with Gasteiger partial charge in [-0.25, -0.2) is 8.42 Å². The Morgan fingerprint density at radius 2 is 1.95 bits per heavy atom. The largest absolute Gasteiger partial charge is 0.360 e. The first-order valence-corrected chi connectivity index (χ1v) is 7.49. The third-order valence-electron chi connectivity index (χ3n) is 2.79. The summed E-state index contributed by atoms with van der Waals surface area (Å²) in [4.78, 5) is 12.1. The number of nitrogens with zero attached hydrogens (tertiary/aromatic N) is 1. The van der Waals surface area contributed by atoms with E-state index in [1.54, 1.807) is 25.1 Å². The van der Waals surface area contributed by atoms with Crippen molar-refractivity contribution in [3.05, 3.63) is 42.2 Å². The van der Waals surface area contributed by atoms with E-state index < -0.39 is 21.0 Å². The fourth-order valence-corrected chi connectivity index (χ4v) is 2.89. The summed E-state index contributed by atoms with van der Waals surface area (Å²) < 4.78 is 29.3. The molecule has 0 aliphatic carbocycles. The summed E-state index contributed by atoms with van der Waals surface area (Å²) >= 11 is 0. The number of rotatable bonds is 4. The maximum absolute atomic E-state index is 12.3. The zero-order chi connectivity index (χ0) is 14.8.